The van der Waals surface area contributed by atoms with Crippen LogP contribution in [0.4, 0.5) is 0 Å². The molecule has 0 rings (SSSR count). The number of carbonyl (C=O) groups excluding carboxylic acids is 1. The summed E-state index contributed by atoms with van der Waals surface area (Å²) in [5.41, 5.74) is 0. The molecule has 0 spiro atoms. The zero-order chi connectivity index (χ0) is 7.28. The highest BCUT2D eigenvalue weighted by Crippen LogP contribution is 2.10. The van der Waals surface area contributed by atoms with Gasteiger partial charge in [0.25, 0.3) is 5.24 Å². The van der Waals surface area contributed by atoms with Crippen LogP contribution in [0.1, 0.15) is 19.8 Å². The van der Waals surface area contributed by atoms with E-state index in [1.807, 2.05) is 6.92 Å². The summed E-state index contributed by atoms with van der Waals surface area (Å²) in [5, 5.41) is -0.427. The van der Waals surface area contributed by atoms with E-state index in [0.717, 1.165) is 12.8 Å². The third-order valence-corrected chi connectivity index (χ3v) is 1.92. The average molecular weight is 211 g/mol. The summed E-state index contributed by atoms with van der Waals surface area (Å²) < 4.78 is 0.464. The van der Waals surface area contributed by atoms with Crippen LogP contribution in [0, 0.1) is 0 Å². The molecule has 52 valence electrons. The molecule has 0 amide bonds. The molecule has 1 nitrogen and oxygen atoms in total. The van der Waals surface area contributed by atoms with Crippen molar-refractivity contribution in [2.24, 2.45) is 0 Å². The molecule has 0 aliphatic rings. The van der Waals surface area contributed by atoms with Crippen LogP contribution in [0.25, 0.3) is 0 Å². The molecule has 0 atom stereocenters. The third-order valence-electron chi connectivity index (χ3n) is 0.800. The predicted octanol–water partition coefficient (Wildman–Crippen LogP) is 2.83. The van der Waals surface area contributed by atoms with Crippen molar-refractivity contribution >= 4 is 32.8 Å². The highest BCUT2D eigenvalue weighted by Gasteiger charge is 1.97. The Bertz CT molecular complexity index is 131. The van der Waals surface area contributed by atoms with E-state index >= 15 is 0 Å². The Labute approximate surface area is 68.2 Å². The van der Waals surface area contributed by atoms with E-state index in [1.54, 1.807) is 6.08 Å². The van der Waals surface area contributed by atoms with Crippen LogP contribution < -0.4 is 0 Å². The largest absolute Gasteiger partial charge is 0.275 e. The van der Waals surface area contributed by atoms with Crippen LogP contribution in [0.3, 0.4) is 0 Å². The lowest BCUT2D eigenvalue weighted by Crippen LogP contribution is -1.82. The van der Waals surface area contributed by atoms with Crippen molar-refractivity contribution in [3.8, 4) is 0 Å². The lowest BCUT2D eigenvalue weighted by molar-refractivity contribution is -0.107. The van der Waals surface area contributed by atoms with Gasteiger partial charge in [-0.25, -0.2) is 0 Å². The van der Waals surface area contributed by atoms with E-state index in [2.05, 4.69) is 15.9 Å². The quantitative estimate of drug-likeness (QED) is 0.518. The van der Waals surface area contributed by atoms with Gasteiger partial charge in [-0.1, -0.05) is 19.4 Å². The summed E-state index contributed by atoms with van der Waals surface area (Å²) in [5.74, 6) is 0. The zero-order valence-corrected chi connectivity index (χ0v) is 7.50. The molecular formula is C6H8BrClO. The molecule has 0 unspecified atom stereocenters. The van der Waals surface area contributed by atoms with E-state index in [4.69, 9.17) is 11.6 Å². The minimum Gasteiger partial charge on any atom is -0.275 e. The van der Waals surface area contributed by atoms with E-state index in [0.29, 0.717) is 4.48 Å². The SMILES string of the molecule is CCCC=C(Br)C(=O)Cl. The van der Waals surface area contributed by atoms with Gasteiger partial charge in [0.1, 0.15) is 0 Å². The summed E-state index contributed by atoms with van der Waals surface area (Å²) in [6.45, 7) is 2.04. The van der Waals surface area contributed by atoms with Gasteiger partial charge in [-0.05, 0) is 34.0 Å². The standard InChI is InChI=1S/C6H8BrClO/c1-2-3-4-5(7)6(8)9/h4H,2-3H2,1H3. The predicted molar refractivity (Wildman–Crippen MR) is 42.8 cm³/mol. The van der Waals surface area contributed by atoms with Crippen molar-refractivity contribution in [2.45, 2.75) is 19.8 Å². The monoisotopic (exact) mass is 210 g/mol. The van der Waals surface area contributed by atoms with E-state index in [-0.39, 0.29) is 0 Å². The van der Waals surface area contributed by atoms with Gasteiger partial charge in [-0.2, -0.15) is 0 Å². The smallest absolute Gasteiger partial charge is 0.259 e. The fraction of sp³-hybridized carbons (Fsp3) is 0.500. The van der Waals surface area contributed by atoms with E-state index in [9.17, 15) is 4.79 Å². The van der Waals surface area contributed by atoms with Crippen LogP contribution in [0.2, 0.25) is 0 Å². The van der Waals surface area contributed by atoms with Gasteiger partial charge in [0.15, 0.2) is 0 Å². The fourth-order valence-corrected chi connectivity index (χ4v) is 0.657. The second-order valence-electron chi connectivity index (χ2n) is 1.61. The molecule has 0 radical (unpaired) electrons. The first kappa shape index (κ1) is 9.18. The van der Waals surface area contributed by atoms with Crippen molar-refractivity contribution < 1.29 is 4.79 Å². The molecule has 0 aliphatic heterocycles. The maximum absolute atomic E-state index is 10.3. The van der Waals surface area contributed by atoms with Gasteiger partial charge in [-0.3, -0.25) is 4.79 Å². The van der Waals surface area contributed by atoms with Crippen molar-refractivity contribution in [3.63, 3.8) is 0 Å². The molecule has 0 heterocycles. The molecular weight excluding hydrogens is 203 g/mol. The number of unbranched alkanes of at least 4 members (excludes halogenated alkanes) is 1. The Morgan fingerprint density at radius 1 is 1.78 bits per heavy atom. The van der Waals surface area contributed by atoms with Crippen molar-refractivity contribution in [1.29, 1.82) is 0 Å². The number of hydrogen-bond donors (Lipinski definition) is 0. The van der Waals surface area contributed by atoms with E-state index in [1.165, 1.54) is 0 Å². The second kappa shape index (κ2) is 5.00. The van der Waals surface area contributed by atoms with Gasteiger partial charge in [0, 0.05) is 0 Å². The second-order valence-corrected chi connectivity index (χ2v) is 2.81. The van der Waals surface area contributed by atoms with Crippen LogP contribution in [0.15, 0.2) is 10.6 Å². The van der Waals surface area contributed by atoms with Crippen molar-refractivity contribution in [1.82, 2.24) is 0 Å². The first-order valence-electron chi connectivity index (χ1n) is 2.74. The first-order chi connectivity index (χ1) is 4.18. The topological polar surface area (TPSA) is 17.1 Å². The number of carbonyl (C=O) groups is 1. The van der Waals surface area contributed by atoms with Gasteiger partial charge in [0.2, 0.25) is 0 Å². The Kier molecular flexibility index (Phi) is 5.10. The van der Waals surface area contributed by atoms with Crippen LogP contribution in [-0.2, 0) is 4.79 Å². The molecule has 0 saturated heterocycles. The van der Waals surface area contributed by atoms with Gasteiger partial charge >= 0.3 is 0 Å². The summed E-state index contributed by atoms with van der Waals surface area (Å²) >= 11 is 8.13. The normalized spacial score (nSPS) is 11.7. The summed E-state index contributed by atoms with van der Waals surface area (Å²) in [6.07, 6.45) is 3.69. The zero-order valence-electron chi connectivity index (χ0n) is 5.16. The summed E-state index contributed by atoms with van der Waals surface area (Å²) in [7, 11) is 0. The Morgan fingerprint density at radius 3 is 2.67 bits per heavy atom. The molecule has 0 aliphatic carbocycles. The maximum Gasteiger partial charge on any atom is 0.259 e. The van der Waals surface area contributed by atoms with Gasteiger partial charge < -0.3 is 0 Å². The van der Waals surface area contributed by atoms with E-state index < -0.39 is 5.24 Å². The average Bonchev–Trinajstić information content (AvgIpc) is 1.82. The molecule has 0 aromatic rings. The van der Waals surface area contributed by atoms with Crippen LogP contribution in [-0.4, -0.2) is 5.24 Å². The lowest BCUT2D eigenvalue weighted by atomic mass is 10.3. The van der Waals surface area contributed by atoms with Crippen molar-refractivity contribution in [3.05, 3.63) is 10.6 Å². The first-order valence-corrected chi connectivity index (χ1v) is 3.91. The fourth-order valence-electron chi connectivity index (χ4n) is 0.351. The molecule has 9 heavy (non-hydrogen) atoms. The summed E-state index contributed by atoms with van der Waals surface area (Å²) in [4.78, 5) is 10.3. The Hall–Kier alpha value is 0.180. The molecule has 0 saturated carbocycles. The molecule has 0 fully saturated rings. The highest BCUT2D eigenvalue weighted by molar-refractivity contribution is 9.12. The minimum absolute atomic E-state index is 0.427. The molecule has 0 bridgehead atoms. The summed E-state index contributed by atoms with van der Waals surface area (Å²) in [6, 6.07) is 0. The minimum atomic E-state index is -0.427. The molecule has 3 heteroatoms. The lowest BCUT2D eigenvalue weighted by Gasteiger charge is -1.86. The maximum atomic E-state index is 10.3. The third kappa shape index (κ3) is 4.67. The van der Waals surface area contributed by atoms with Gasteiger partial charge in [0.05, 0.1) is 4.48 Å². The number of rotatable bonds is 3. The van der Waals surface area contributed by atoms with Crippen LogP contribution >= 0.6 is 27.5 Å². The van der Waals surface area contributed by atoms with Crippen molar-refractivity contribution in [2.75, 3.05) is 0 Å². The van der Waals surface area contributed by atoms with Gasteiger partial charge in [-0.15, -0.1) is 0 Å². The highest BCUT2D eigenvalue weighted by atomic mass is 79.9. The Morgan fingerprint density at radius 2 is 2.33 bits per heavy atom. The number of halogens is 2. The number of allylic oxidation sites excluding steroid dienone is 2. The Balaban J connectivity index is 3.69. The molecule has 0 aromatic carbocycles. The molecule has 0 N–H and O–H groups in total. The number of hydrogen-bond acceptors (Lipinski definition) is 1. The van der Waals surface area contributed by atoms with Crippen LogP contribution in [0.5, 0.6) is 0 Å². The molecule has 0 aromatic heterocycles.